The van der Waals surface area contributed by atoms with Crippen LogP contribution in [0.3, 0.4) is 0 Å². The van der Waals surface area contributed by atoms with Crippen molar-refractivity contribution in [3.8, 4) is 5.75 Å². The number of hydrogen-bond acceptors (Lipinski definition) is 4. The quantitative estimate of drug-likeness (QED) is 0.759. The minimum absolute atomic E-state index is 0.0825. The first-order valence-electron chi connectivity index (χ1n) is 8.51. The largest absolute Gasteiger partial charge is 0.489 e. The van der Waals surface area contributed by atoms with Gasteiger partial charge in [0, 0.05) is 25.6 Å². The van der Waals surface area contributed by atoms with Crippen molar-refractivity contribution in [2.24, 2.45) is 5.92 Å². The highest BCUT2D eigenvalue weighted by Gasteiger charge is 2.34. The molecule has 5 nitrogen and oxygen atoms in total. The van der Waals surface area contributed by atoms with E-state index in [1.807, 2.05) is 24.3 Å². The minimum atomic E-state index is 0.0825. The zero-order valence-corrected chi connectivity index (χ0v) is 13.7. The van der Waals surface area contributed by atoms with Crippen molar-refractivity contribution < 1.29 is 14.3 Å². The minimum Gasteiger partial charge on any atom is -0.489 e. The van der Waals surface area contributed by atoms with Crippen LogP contribution in [0.25, 0.3) is 0 Å². The van der Waals surface area contributed by atoms with E-state index >= 15 is 0 Å². The van der Waals surface area contributed by atoms with Gasteiger partial charge in [0.05, 0.1) is 12.3 Å². The van der Waals surface area contributed by atoms with Gasteiger partial charge in [0.25, 0.3) is 0 Å². The second-order valence-corrected chi connectivity index (χ2v) is 6.57. The molecular formula is C18H26N2O3. The van der Waals surface area contributed by atoms with Crippen molar-refractivity contribution in [1.29, 1.82) is 0 Å². The molecule has 0 saturated carbocycles. The highest BCUT2D eigenvalue weighted by Crippen LogP contribution is 2.33. The Morgan fingerprint density at radius 1 is 1.22 bits per heavy atom. The smallest absolute Gasteiger partial charge is 0.224 e. The molecule has 0 aromatic heterocycles. The second-order valence-electron chi connectivity index (χ2n) is 6.57. The zero-order valence-electron chi connectivity index (χ0n) is 13.7. The van der Waals surface area contributed by atoms with Crippen LogP contribution in [-0.2, 0) is 9.53 Å². The molecule has 2 aliphatic heterocycles. The van der Waals surface area contributed by atoms with Gasteiger partial charge >= 0.3 is 0 Å². The van der Waals surface area contributed by atoms with Crippen LogP contribution >= 0.6 is 0 Å². The van der Waals surface area contributed by atoms with Gasteiger partial charge in [-0.05, 0) is 43.7 Å². The maximum atomic E-state index is 12.4. The fourth-order valence-electron chi connectivity index (χ4n) is 3.74. The van der Waals surface area contributed by atoms with Crippen LogP contribution in [0.15, 0.2) is 24.3 Å². The third-order valence-corrected chi connectivity index (χ3v) is 4.75. The van der Waals surface area contributed by atoms with E-state index in [0.29, 0.717) is 43.4 Å². The molecule has 5 heteroatoms. The molecule has 0 spiro atoms. The molecule has 3 atom stereocenters. The Morgan fingerprint density at radius 2 is 1.96 bits per heavy atom. The first-order valence-corrected chi connectivity index (χ1v) is 8.51. The van der Waals surface area contributed by atoms with Gasteiger partial charge in [0.2, 0.25) is 5.91 Å². The molecule has 3 rings (SSSR count). The lowest BCUT2D eigenvalue weighted by molar-refractivity contribution is -0.117. The second kappa shape index (κ2) is 7.79. The Labute approximate surface area is 137 Å². The molecule has 23 heavy (non-hydrogen) atoms. The molecule has 2 saturated heterocycles. The van der Waals surface area contributed by atoms with E-state index in [4.69, 9.17) is 9.47 Å². The third-order valence-electron chi connectivity index (χ3n) is 4.75. The van der Waals surface area contributed by atoms with Crippen LogP contribution in [0, 0.1) is 5.92 Å². The number of piperidine rings is 1. The summed E-state index contributed by atoms with van der Waals surface area (Å²) < 4.78 is 10.7. The van der Waals surface area contributed by atoms with Gasteiger partial charge in [-0.2, -0.15) is 0 Å². The SMILES string of the molecule is COCCOc1ccccc1NC(=O)CC1C[C@H]2CC[C@@H](C1)N2. The number of rotatable bonds is 7. The molecule has 1 unspecified atom stereocenters. The summed E-state index contributed by atoms with van der Waals surface area (Å²) in [5.74, 6) is 1.28. The average molecular weight is 318 g/mol. The predicted molar refractivity (Wildman–Crippen MR) is 89.7 cm³/mol. The van der Waals surface area contributed by atoms with Gasteiger partial charge in [-0.25, -0.2) is 0 Å². The molecule has 2 heterocycles. The van der Waals surface area contributed by atoms with E-state index in [1.165, 1.54) is 12.8 Å². The summed E-state index contributed by atoms with van der Waals surface area (Å²) in [7, 11) is 1.64. The molecule has 2 bridgehead atoms. The van der Waals surface area contributed by atoms with Crippen molar-refractivity contribution >= 4 is 11.6 Å². The van der Waals surface area contributed by atoms with Gasteiger partial charge in [-0.1, -0.05) is 12.1 Å². The number of carbonyl (C=O) groups is 1. The maximum Gasteiger partial charge on any atom is 0.224 e. The molecular weight excluding hydrogens is 292 g/mol. The first kappa shape index (κ1) is 16.3. The molecule has 1 aromatic rings. The number of methoxy groups -OCH3 is 1. The number of amides is 1. The van der Waals surface area contributed by atoms with Crippen molar-refractivity contribution in [3.63, 3.8) is 0 Å². The van der Waals surface area contributed by atoms with E-state index in [2.05, 4.69) is 10.6 Å². The van der Waals surface area contributed by atoms with Crippen molar-refractivity contribution in [3.05, 3.63) is 24.3 Å². The highest BCUT2D eigenvalue weighted by molar-refractivity contribution is 5.92. The van der Waals surface area contributed by atoms with Crippen LogP contribution in [0.2, 0.25) is 0 Å². The number of ether oxygens (including phenoxy) is 2. The van der Waals surface area contributed by atoms with Crippen molar-refractivity contribution in [1.82, 2.24) is 5.32 Å². The van der Waals surface area contributed by atoms with Gasteiger partial charge < -0.3 is 20.1 Å². The van der Waals surface area contributed by atoms with E-state index in [0.717, 1.165) is 18.5 Å². The monoisotopic (exact) mass is 318 g/mol. The van der Waals surface area contributed by atoms with Gasteiger partial charge in [-0.15, -0.1) is 0 Å². The molecule has 0 aliphatic carbocycles. The van der Waals surface area contributed by atoms with Crippen LogP contribution < -0.4 is 15.4 Å². The van der Waals surface area contributed by atoms with Crippen LogP contribution in [0.4, 0.5) is 5.69 Å². The number of para-hydroxylation sites is 2. The van der Waals surface area contributed by atoms with Crippen molar-refractivity contribution in [2.45, 2.75) is 44.2 Å². The van der Waals surface area contributed by atoms with Crippen LogP contribution in [0.5, 0.6) is 5.75 Å². The Bertz CT molecular complexity index is 523. The molecule has 2 N–H and O–H groups in total. The number of nitrogens with one attached hydrogen (secondary N) is 2. The standard InChI is InChI=1S/C18H26N2O3/c1-22-8-9-23-17-5-3-2-4-16(17)20-18(21)12-13-10-14-6-7-15(11-13)19-14/h2-5,13-15,19H,6-12H2,1H3,(H,20,21)/t13?,14-,15+. The molecule has 126 valence electrons. The van der Waals surface area contributed by atoms with Gasteiger partial charge in [0.1, 0.15) is 12.4 Å². The number of fused-ring (bicyclic) bond motifs is 2. The summed E-state index contributed by atoms with van der Waals surface area (Å²) in [6.45, 7) is 1.00. The predicted octanol–water partition coefficient (Wildman–Crippen LogP) is 2.57. The van der Waals surface area contributed by atoms with Gasteiger partial charge in [-0.3, -0.25) is 4.79 Å². The van der Waals surface area contributed by atoms with E-state index in [9.17, 15) is 4.79 Å². The Kier molecular flexibility index (Phi) is 5.51. The topological polar surface area (TPSA) is 59.6 Å². The summed E-state index contributed by atoms with van der Waals surface area (Å²) in [6.07, 6.45) is 5.37. The number of hydrogen-bond donors (Lipinski definition) is 2. The number of benzene rings is 1. The lowest BCUT2D eigenvalue weighted by Crippen LogP contribution is -2.39. The zero-order chi connectivity index (χ0) is 16.1. The van der Waals surface area contributed by atoms with Crippen LogP contribution in [-0.4, -0.2) is 38.3 Å². The van der Waals surface area contributed by atoms with E-state index in [1.54, 1.807) is 7.11 Å². The average Bonchev–Trinajstić information content (AvgIpc) is 2.88. The van der Waals surface area contributed by atoms with Gasteiger partial charge in [0.15, 0.2) is 0 Å². The fraction of sp³-hybridized carbons (Fsp3) is 0.611. The molecule has 2 aliphatic rings. The van der Waals surface area contributed by atoms with Crippen molar-refractivity contribution in [2.75, 3.05) is 25.6 Å². The molecule has 1 amide bonds. The molecule has 2 fully saturated rings. The number of anilines is 1. The lowest BCUT2D eigenvalue weighted by atomic mass is 9.89. The molecule has 1 aromatic carbocycles. The summed E-state index contributed by atoms with van der Waals surface area (Å²) in [5, 5.41) is 6.63. The maximum absolute atomic E-state index is 12.4. The summed E-state index contributed by atoms with van der Waals surface area (Å²) >= 11 is 0. The van der Waals surface area contributed by atoms with E-state index in [-0.39, 0.29) is 5.91 Å². The van der Waals surface area contributed by atoms with Crippen LogP contribution in [0.1, 0.15) is 32.1 Å². The highest BCUT2D eigenvalue weighted by atomic mass is 16.5. The Hall–Kier alpha value is -1.59. The summed E-state index contributed by atoms with van der Waals surface area (Å²) in [5.41, 5.74) is 0.741. The molecule has 0 radical (unpaired) electrons. The lowest BCUT2D eigenvalue weighted by Gasteiger charge is -2.28. The third kappa shape index (κ3) is 4.45. The summed E-state index contributed by atoms with van der Waals surface area (Å²) in [4.78, 5) is 12.4. The first-order chi connectivity index (χ1) is 11.2. The fourth-order valence-corrected chi connectivity index (χ4v) is 3.74. The van der Waals surface area contributed by atoms with E-state index < -0.39 is 0 Å². The normalized spacial score (nSPS) is 26.0. The Morgan fingerprint density at radius 3 is 2.70 bits per heavy atom. The summed E-state index contributed by atoms with van der Waals surface area (Å²) in [6, 6.07) is 8.81. The number of carbonyl (C=O) groups excluding carboxylic acids is 1. The Balaban J connectivity index is 1.53.